The molecule has 1 saturated heterocycles. The lowest BCUT2D eigenvalue weighted by Gasteiger charge is -2.19. The van der Waals surface area contributed by atoms with Crippen molar-refractivity contribution in [1.29, 1.82) is 0 Å². The van der Waals surface area contributed by atoms with Gasteiger partial charge in [0.15, 0.2) is 0 Å². The van der Waals surface area contributed by atoms with E-state index in [4.69, 9.17) is 15.5 Å². The number of imidazole rings is 1. The molecule has 0 radical (unpaired) electrons. The van der Waals surface area contributed by atoms with Gasteiger partial charge in [-0.05, 0) is 68.8 Å². The standard InChI is InChI=1S/C25H30N6O4/c1-16-3-2-11-31(16)14-23-29-20-9-8-19(13-21(20)30-23)28-25(34)18-6-4-17(5-7-18)24(33)27-10-12-35-15-22(26)32/h4-9,13,16H,2-3,10-12,14-15H2,1H3,(H2,26,32)(H,27,33)(H,28,34)(H,29,30)/t16-/m0/s1. The van der Waals surface area contributed by atoms with Crippen LogP contribution in [-0.2, 0) is 16.1 Å². The van der Waals surface area contributed by atoms with Gasteiger partial charge >= 0.3 is 0 Å². The molecule has 4 rings (SSSR count). The van der Waals surface area contributed by atoms with Crippen molar-refractivity contribution in [1.82, 2.24) is 20.2 Å². The number of likely N-dealkylation sites (tertiary alicyclic amines) is 1. The van der Waals surface area contributed by atoms with E-state index in [0.29, 0.717) is 22.9 Å². The summed E-state index contributed by atoms with van der Waals surface area (Å²) in [5.41, 5.74) is 8.20. The fraction of sp³-hybridized carbons (Fsp3) is 0.360. The van der Waals surface area contributed by atoms with Crippen LogP contribution in [-0.4, -0.2) is 64.9 Å². The van der Waals surface area contributed by atoms with E-state index in [9.17, 15) is 14.4 Å². The van der Waals surface area contributed by atoms with E-state index in [1.54, 1.807) is 24.3 Å². The molecular weight excluding hydrogens is 448 g/mol. The number of aromatic amines is 1. The van der Waals surface area contributed by atoms with Crippen molar-refractivity contribution in [2.45, 2.75) is 32.4 Å². The van der Waals surface area contributed by atoms with Crippen molar-refractivity contribution in [3.63, 3.8) is 0 Å². The molecule has 1 aliphatic rings. The molecule has 2 aromatic carbocycles. The highest BCUT2D eigenvalue weighted by Crippen LogP contribution is 2.22. The summed E-state index contributed by atoms with van der Waals surface area (Å²) in [5, 5.41) is 5.56. The van der Waals surface area contributed by atoms with Gasteiger partial charge in [-0.3, -0.25) is 19.3 Å². The van der Waals surface area contributed by atoms with Crippen LogP contribution in [0.2, 0.25) is 0 Å². The number of hydrogen-bond acceptors (Lipinski definition) is 6. The van der Waals surface area contributed by atoms with E-state index in [1.165, 1.54) is 12.8 Å². The zero-order valence-corrected chi connectivity index (χ0v) is 19.7. The molecule has 3 aromatic rings. The maximum absolute atomic E-state index is 12.7. The Hall–Kier alpha value is -3.76. The van der Waals surface area contributed by atoms with Gasteiger partial charge in [-0.15, -0.1) is 0 Å². The number of H-pyrrole nitrogens is 1. The maximum Gasteiger partial charge on any atom is 0.255 e. The summed E-state index contributed by atoms with van der Waals surface area (Å²) >= 11 is 0. The topological polar surface area (TPSA) is 142 Å². The Morgan fingerprint density at radius 3 is 2.57 bits per heavy atom. The van der Waals surface area contributed by atoms with Crippen LogP contribution >= 0.6 is 0 Å². The minimum Gasteiger partial charge on any atom is -0.370 e. The van der Waals surface area contributed by atoms with E-state index in [-0.39, 0.29) is 31.6 Å². The summed E-state index contributed by atoms with van der Waals surface area (Å²) in [5.74, 6) is -0.225. The van der Waals surface area contributed by atoms with Crippen molar-refractivity contribution in [2.75, 3.05) is 31.6 Å². The molecule has 10 nitrogen and oxygen atoms in total. The molecule has 1 aliphatic heterocycles. The van der Waals surface area contributed by atoms with Crippen LogP contribution in [0.4, 0.5) is 5.69 Å². The number of amides is 3. The summed E-state index contributed by atoms with van der Waals surface area (Å²) in [4.78, 5) is 46.0. The van der Waals surface area contributed by atoms with E-state index < -0.39 is 5.91 Å². The molecule has 0 bridgehead atoms. The number of anilines is 1. The van der Waals surface area contributed by atoms with Crippen LogP contribution in [0.5, 0.6) is 0 Å². The number of rotatable bonds is 10. The number of nitrogens with zero attached hydrogens (tertiary/aromatic N) is 2. The van der Waals surface area contributed by atoms with Crippen LogP contribution in [0.15, 0.2) is 42.5 Å². The van der Waals surface area contributed by atoms with Crippen LogP contribution in [0, 0.1) is 0 Å². The lowest BCUT2D eigenvalue weighted by Crippen LogP contribution is -2.28. The fourth-order valence-electron chi connectivity index (χ4n) is 4.12. The first-order valence-electron chi connectivity index (χ1n) is 11.7. The molecule has 0 aliphatic carbocycles. The average Bonchev–Trinajstić information content (AvgIpc) is 3.43. The highest BCUT2D eigenvalue weighted by atomic mass is 16.5. The van der Waals surface area contributed by atoms with Crippen LogP contribution in [0.1, 0.15) is 46.3 Å². The number of fused-ring (bicyclic) bond motifs is 1. The Morgan fingerprint density at radius 2 is 1.89 bits per heavy atom. The van der Waals surface area contributed by atoms with Gasteiger partial charge in [0.2, 0.25) is 5.91 Å². The smallest absolute Gasteiger partial charge is 0.255 e. The van der Waals surface area contributed by atoms with E-state index in [0.717, 1.165) is 29.9 Å². The SMILES string of the molecule is C[C@H]1CCCN1Cc1nc2cc(NC(=O)c3ccc(C(=O)NCCOCC(N)=O)cc3)ccc2[nH]1. The van der Waals surface area contributed by atoms with Crippen LogP contribution < -0.4 is 16.4 Å². The number of carbonyl (C=O) groups is 3. The molecule has 35 heavy (non-hydrogen) atoms. The third kappa shape index (κ3) is 6.43. The number of benzene rings is 2. The first-order valence-corrected chi connectivity index (χ1v) is 11.7. The Labute approximate surface area is 203 Å². The van der Waals surface area contributed by atoms with Crippen molar-refractivity contribution < 1.29 is 19.1 Å². The molecule has 1 aromatic heterocycles. The Kier molecular flexibility index (Phi) is 7.74. The first kappa shape index (κ1) is 24.4. The number of hydrogen-bond donors (Lipinski definition) is 4. The van der Waals surface area contributed by atoms with Crippen molar-refractivity contribution in [3.05, 3.63) is 59.4 Å². The summed E-state index contributed by atoms with van der Waals surface area (Å²) in [6.45, 7) is 4.35. The second-order valence-electron chi connectivity index (χ2n) is 8.68. The number of ether oxygens (including phenoxy) is 1. The van der Waals surface area contributed by atoms with Gasteiger partial charge in [0.05, 0.1) is 24.2 Å². The van der Waals surface area contributed by atoms with Crippen LogP contribution in [0.3, 0.4) is 0 Å². The van der Waals surface area contributed by atoms with Gasteiger partial charge in [0, 0.05) is 29.4 Å². The summed E-state index contributed by atoms with van der Waals surface area (Å²) in [6.07, 6.45) is 2.44. The van der Waals surface area contributed by atoms with Gasteiger partial charge in [-0.2, -0.15) is 0 Å². The predicted molar refractivity (Wildman–Crippen MR) is 132 cm³/mol. The zero-order chi connectivity index (χ0) is 24.8. The third-order valence-electron chi connectivity index (χ3n) is 6.02. The predicted octanol–water partition coefficient (Wildman–Crippen LogP) is 2.03. The number of nitrogens with two attached hydrogens (primary N) is 1. The highest BCUT2D eigenvalue weighted by Gasteiger charge is 2.21. The highest BCUT2D eigenvalue weighted by molar-refractivity contribution is 6.05. The molecule has 3 amide bonds. The molecular formula is C25H30N6O4. The molecule has 2 heterocycles. The average molecular weight is 479 g/mol. The maximum atomic E-state index is 12.7. The third-order valence-corrected chi connectivity index (χ3v) is 6.02. The van der Waals surface area contributed by atoms with Gasteiger partial charge in [-0.25, -0.2) is 4.98 Å². The number of primary amides is 1. The fourth-order valence-corrected chi connectivity index (χ4v) is 4.12. The summed E-state index contributed by atoms with van der Waals surface area (Å²) in [7, 11) is 0. The normalized spacial score (nSPS) is 15.9. The van der Waals surface area contributed by atoms with Gasteiger partial charge in [0.1, 0.15) is 12.4 Å². The molecule has 1 atom stereocenters. The number of aromatic nitrogens is 2. The van der Waals surface area contributed by atoms with Gasteiger partial charge < -0.3 is 26.1 Å². The molecule has 0 unspecified atom stereocenters. The summed E-state index contributed by atoms with van der Waals surface area (Å²) in [6, 6.07) is 12.5. The van der Waals surface area contributed by atoms with Gasteiger partial charge in [-0.1, -0.05) is 0 Å². The second-order valence-corrected chi connectivity index (χ2v) is 8.68. The molecule has 10 heteroatoms. The first-order chi connectivity index (χ1) is 16.9. The van der Waals surface area contributed by atoms with Crippen molar-refractivity contribution in [2.24, 2.45) is 5.73 Å². The molecule has 184 valence electrons. The lowest BCUT2D eigenvalue weighted by molar-refractivity contribution is -0.122. The Balaban J connectivity index is 1.31. The second kappa shape index (κ2) is 11.1. The van der Waals surface area contributed by atoms with Crippen molar-refractivity contribution in [3.8, 4) is 0 Å². The minimum atomic E-state index is -0.564. The van der Waals surface area contributed by atoms with E-state index >= 15 is 0 Å². The molecule has 0 saturated carbocycles. The quantitative estimate of drug-likeness (QED) is 0.329. The van der Waals surface area contributed by atoms with E-state index in [1.807, 2.05) is 18.2 Å². The Morgan fingerprint density at radius 1 is 1.14 bits per heavy atom. The monoisotopic (exact) mass is 478 g/mol. The zero-order valence-electron chi connectivity index (χ0n) is 19.7. The number of carbonyl (C=O) groups excluding carboxylic acids is 3. The lowest BCUT2D eigenvalue weighted by atomic mass is 10.1. The number of nitrogens with one attached hydrogen (secondary N) is 3. The molecule has 5 N–H and O–H groups in total. The van der Waals surface area contributed by atoms with Gasteiger partial charge in [0.25, 0.3) is 11.8 Å². The molecule has 0 spiro atoms. The largest absolute Gasteiger partial charge is 0.370 e. The Bertz CT molecular complexity index is 1210. The van der Waals surface area contributed by atoms with E-state index in [2.05, 4.69) is 27.4 Å². The van der Waals surface area contributed by atoms with Crippen LogP contribution in [0.25, 0.3) is 11.0 Å². The summed E-state index contributed by atoms with van der Waals surface area (Å²) < 4.78 is 5.00. The minimum absolute atomic E-state index is 0.175. The van der Waals surface area contributed by atoms with Crippen molar-refractivity contribution >= 4 is 34.4 Å². The molecule has 1 fully saturated rings.